The van der Waals surface area contributed by atoms with E-state index >= 15 is 0 Å². The second-order valence-electron chi connectivity index (χ2n) is 6.76. The number of halogens is 1. The molecule has 1 atom stereocenters. The molecular weight excluding hydrogens is 410 g/mol. The molecule has 0 unspecified atom stereocenters. The number of piperazine rings is 1. The number of amides is 2. The number of hydrogen-bond acceptors (Lipinski definition) is 5. The summed E-state index contributed by atoms with van der Waals surface area (Å²) < 4.78 is 0.964. The fourth-order valence-corrected chi connectivity index (χ4v) is 3.88. The molecule has 0 N–H and O–H groups in total. The van der Waals surface area contributed by atoms with Gasteiger partial charge in [0, 0.05) is 61.7 Å². The Labute approximate surface area is 166 Å². The van der Waals surface area contributed by atoms with Crippen molar-refractivity contribution < 1.29 is 9.59 Å². The first-order valence-electron chi connectivity index (χ1n) is 8.97. The largest absolute Gasteiger partial charge is 0.352 e. The van der Waals surface area contributed by atoms with Crippen molar-refractivity contribution in [3.05, 3.63) is 47.3 Å². The van der Waals surface area contributed by atoms with Gasteiger partial charge in [-0.15, -0.1) is 0 Å². The number of rotatable bonds is 3. The fraction of sp³-hybridized carbons (Fsp3) is 0.368. The molecule has 27 heavy (non-hydrogen) atoms. The predicted octanol–water partition coefficient (Wildman–Crippen LogP) is 1.94. The summed E-state index contributed by atoms with van der Waals surface area (Å²) in [4.78, 5) is 39.5. The average molecular weight is 430 g/mol. The third-order valence-electron chi connectivity index (χ3n) is 5.08. The van der Waals surface area contributed by atoms with E-state index in [-0.39, 0.29) is 24.2 Å². The van der Waals surface area contributed by atoms with Crippen LogP contribution in [0.2, 0.25) is 0 Å². The quantitative estimate of drug-likeness (QED) is 0.745. The number of carbonyl (C=O) groups excluding carboxylic acids is 2. The van der Waals surface area contributed by atoms with Crippen molar-refractivity contribution in [3.63, 3.8) is 0 Å². The van der Waals surface area contributed by atoms with Crippen molar-refractivity contribution in [3.8, 4) is 0 Å². The highest BCUT2D eigenvalue weighted by molar-refractivity contribution is 9.10. The minimum absolute atomic E-state index is 0.00821. The molecule has 8 heteroatoms. The lowest BCUT2D eigenvalue weighted by Gasteiger charge is -2.36. The smallest absolute Gasteiger partial charge is 0.228 e. The van der Waals surface area contributed by atoms with Crippen molar-refractivity contribution in [1.29, 1.82) is 0 Å². The summed E-state index contributed by atoms with van der Waals surface area (Å²) in [6.07, 6.45) is 5.34. The molecule has 2 aliphatic heterocycles. The summed E-state index contributed by atoms with van der Waals surface area (Å²) in [5.41, 5.74) is 0.839. The monoisotopic (exact) mass is 429 g/mol. The van der Waals surface area contributed by atoms with Crippen LogP contribution in [-0.2, 0) is 9.59 Å². The molecule has 140 valence electrons. The van der Waals surface area contributed by atoms with Crippen LogP contribution in [0.1, 0.15) is 6.42 Å². The molecule has 0 aliphatic carbocycles. The molecular formula is C19H20BrN5O2. The average Bonchev–Trinajstić information content (AvgIpc) is 3.10. The van der Waals surface area contributed by atoms with E-state index in [1.54, 1.807) is 23.5 Å². The third kappa shape index (κ3) is 3.80. The van der Waals surface area contributed by atoms with Crippen LogP contribution in [0.3, 0.4) is 0 Å². The Bertz CT molecular complexity index is 822. The molecule has 4 rings (SSSR count). The van der Waals surface area contributed by atoms with Gasteiger partial charge in [-0.05, 0) is 24.3 Å². The molecule has 0 spiro atoms. The summed E-state index contributed by atoms with van der Waals surface area (Å²) in [6.45, 7) is 3.17. The molecule has 2 aliphatic rings. The van der Waals surface area contributed by atoms with E-state index in [4.69, 9.17) is 0 Å². The molecule has 0 bridgehead atoms. The summed E-state index contributed by atoms with van der Waals surface area (Å²) in [6, 6.07) is 7.61. The van der Waals surface area contributed by atoms with Gasteiger partial charge in [-0.3, -0.25) is 14.6 Å². The van der Waals surface area contributed by atoms with Gasteiger partial charge >= 0.3 is 0 Å². The molecule has 1 aromatic carbocycles. The number of carbonyl (C=O) groups is 2. The number of benzene rings is 1. The zero-order valence-corrected chi connectivity index (χ0v) is 16.4. The molecule has 7 nitrogen and oxygen atoms in total. The first-order chi connectivity index (χ1) is 13.1. The van der Waals surface area contributed by atoms with E-state index in [1.807, 2.05) is 29.2 Å². The van der Waals surface area contributed by atoms with E-state index in [0.29, 0.717) is 19.6 Å². The summed E-state index contributed by atoms with van der Waals surface area (Å²) in [7, 11) is 0. The number of anilines is 2. The summed E-state index contributed by atoms with van der Waals surface area (Å²) in [5, 5.41) is 0. The van der Waals surface area contributed by atoms with Gasteiger partial charge in [0.05, 0.1) is 12.1 Å². The number of hydrogen-bond donors (Lipinski definition) is 0. The normalized spacial score (nSPS) is 20.3. The first kappa shape index (κ1) is 17.9. The highest BCUT2D eigenvalue weighted by Crippen LogP contribution is 2.28. The zero-order valence-electron chi connectivity index (χ0n) is 14.8. The van der Waals surface area contributed by atoms with Gasteiger partial charge < -0.3 is 14.7 Å². The van der Waals surface area contributed by atoms with Gasteiger partial charge in [-0.25, -0.2) is 4.98 Å². The number of nitrogens with zero attached hydrogens (tertiary/aromatic N) is 5. The van der Waals surface area contributed by atoms with E-state index in [9.17, 15) is 9.59 Å². The Morgan fingerprint density at radius 3 is 2.48 bits per heavy atom. The lowest BCUT2D eigenvalue weighted by Crippen LogP contribution is -2.51. The Balaban J connectivity index is 1.36. The standard InChI is InChI=1S/C19H20BrN5O2/c20-15-1-3-16(4-2-15)25-13-14(11-18(25)26)19(27)24-9-7-23(8-10-24)17-12-21-5-6-22-17/h1-6,12,14H,7-11,13H2/t14-/m1/s1. The van der Waals surface area contributed by atoms with Crippen molar-refractivity contribution in [2.45, 2.75) is 6.42 Å². The summed E-state index contributed by atoms with van der Waals surface area (Å²) in [5.74, 6) is 0.641. The molecule has 2 fully saturated rings. The second kappa shape index (κ2) is 7.64. The topological polar surface area (TPSA) is 69.6 Å². The lowest BCUT2D eigenvalue weighted by atomic mass is 10.1. The molecule has 3 heterocycles. The van der Waals surface area contributed by atoms with Crippen LogP contribution in [-0.4, -0.2) is 59.4 Å². The zero-order chi connectivity index (χ0) is 18.8. The molecule has 2 saturated heterocycles. The van der Waals surface area contributed by atoms with Crippen LogP contribution < -0.4 is 9.80 Å². The Hall–Kier alpha value is -2.48. The Morgan fingerprint density at radius 2 is 1.81 bits per heavy atom. The van der Waals surface area contributed by atoms with Crippen molar-refractivity contribution in [1.82, 2.24) is 14.9 Å². The second-order valence-corrected chi connectivity index (χ2v) is 7.67. The molecule has 1 aromatic heterocycles. The van der Waals surface area contributed by atoms with Crippen molar-refractivity contribution >= 4 is 39.2 Å². The lowest BCUT2D eigenvalue weighted by molar-refractivity contribution is -0.136. The van der Waals surface area contributed by atoms with E-state index < -0.39 is 0 Å². The van der Waals surface area contributed by atoms with Crippen LogP contribution in [0.4, 0.5) is 11.5 Å². The van der Waals surface area contributed by atoms with E-state index in [2.05, 4.69) is 30.8 Å². The van der Waals surface area contributed by atoms with Gasteiger partial charge in [0.25, 0.3) is 0 Å². The minimum Gasteiger partial charge on any atom is -0.352 e. The van der Waals surface area contributed by atoms with Crippen LogP contribution in [0.15, 0.2) is 47.3 Å². The predicted molar refractivity (Wildman–Crippen MR) is 105 cm³/mol. The maximum Gasteiger partial charge on any atom is 0.228 e. The van der Waals surface area contributed by atoms with Gasteiger partial charge in [-0.1, -0.05) is 15.9 Å². The summed E-state index contributed by atoms with van der Waals surface area (Å²) >= 11 is 3.40. The van der Waals surface area contributed by atoms with Crippen LogP contribution in [0.5, 0.6) is 0 Å². The van der Waals surface area contributed by atoms with Gasteiger partial charge in [-0.2, -0.15) is 0 Å². The fourth-order valence-electron chi connectivity index (χ4n) is 3.61. The Morgan fingerprint density at radius 1 is 1.07 bits per heavy atom. The van der Waals surface area contributed by atoms with Crippen molar-refractivity contribution in [2.75, 3.05) is 42.5 Å². The van der Waals surface area contributed by atoms with Crippen LogP contribution in [0.25, 0.3) is 0 Å². The maximum atomic E-state index is 12.9. The molecule has 2 amide bonds. The van der Waals surface area contributed by atoms with E-state index in [0.717, 1.165) is 29.1 Å². The maximum absolute atomic E-state index is 12.9. The number of aromatic nitrogens is 2. The third-order valence-corrected chi connectivity index (χ3v) is 5.61. The van der Waals surface area contributed by atoms with Crippen LogP contribution in [0, 0.1) is 5.92 Å². The minimum atomic E-state index is -0.274. The van der Waals surface area contributed by atoms with Gasteiger partial charge in [0.15, 0.2) is 0 Å². The molecule has 2 aromatic rings. The highest BCUT2D eigenvalue weighted by Gasteiger charge is 2.38. The molecule has 0 saturated carbocycles. The highest BCUT2D eigenvalue weighted by atomic mass is 79.9. The van der Waals surface area contributed by atoms with E-state index in [1.165, 1.54) is 0 Å². The van der Waals surface area contributed by atoms with Crippen molar-refractivity contribution in [2.24, 2.45) is 5.92 Å². The van der Waals surface area contributed by atoms with Gasteiger partial charge in [0.2, 0.25) is 11.8 Å². The molecule has 0 radical (unpaired) electrons. The first-order valence-corrected chi connectivity index (χ1v) is 9.77. The SMILES string of the molecule is O=C([C@@H]1CC(=O)N(c2ccc(Br)cc2)C1)N1CCN(c2cnccn2)CC1. The van der Waals surface area contributed by atoms with Crippen LogP contribution >= 0.6 is 15.9 Å². The Kier molecular flexibility index (Phi) is 5.07. The van der Waals surface area contributed by atoms with Gasteiger partial charge in [0.1, 0.15) is 5.82 Å².